The predicted octanol–water partition coefficient (Wildman–Crippen LogP) is 0.960. The SMILES string of the molecule is COCC(CCO)NCc1ccc(C(=O)OC)cc1. The normalized spacial score (nSPS) is 12.2. The van der Waals surface area contributed by atoms with Crippen LogP contribution in [0.5, 0.6) is 0 Å². The molecule has 1 rings (SSSR count). The zero-order valence-corrected chi connectivity index (χ0v) is 11.4. The van der Waals surface area contributed by atoms with Gasteiger partial charge in [-0.05, 0) is 24.1 Å². The molecule has 2 N–H and O–H groups in total. The Morgan fingerprint density at radius 1 is 1.32 bits per heavy atom. The van der Waals surface area contributed by atoms with Gasteiger partial charge in [-0.15, -0.1) is 0 Å². The van der Waals surface area contributed by atoms with Crippen molar-refractivity contribution in [3.8, 4) is 0 Å². The summed E-state index contributed by atoms with van der Waals surface area (Å²) in [5.74, 6) is -0.336. The molecule has 1 aromatic rings. The average molecular weight is 267 g/mol. The Hall–Kier alpha value is -1.43. The first-order chi connectivity index (χ1) is 9.21. The number of ether oxygens (including phenoxy) is 2. The maximum atomic E-state index is 11.3. The minimum Gasteiger partial charge on any atom is -0.465 e. The van der Waals surface area contributed by atoms with Crippen LogP contribution in [0.3, 0.4) is 0 Å². The Kier molecular flexibility index (Phi) is 7.10. The lowest BCUT2D eigenvalue weighted by molar-refractivity contribution is 0.0600. The molecular weight excluding hydrogens is 246 g/mol. The number of hydrogen-bond acceptors (Lipinski definition) is 5. The molecule has 0 aliphatic heterocycles. The summed E-state index contributed by atoms with van der Waals surface area (Å²) in [5.41, 5.74) is 1.60. The summed E-state index contributed by atoms with van der Waals surface area (Å²) in [6.07, 6.45) is 0.647. The first kappa shape index (κ1) is 15.6. The molecule has 106 valence electrons. The molecule has 0 aliphatic carbocycles. The van der Waals surface area contributed by atoms with Gasteiger partial charge in [0, 0.05) is 26.3 Å². The van der Waals surface area contributed by atoms with E-state index in [9.17, 15) is 4.79 Å². The molecule has 1 unspecified atom stereocenters. The number of methoxy groups -OCH3 is 2. The van der Waals surface area contributed by atoms with E-state index >= 15 is 0 Å². The van der Waals surface area contributed by atoms with Gasteiger partial charge in [0.1, 0.15) is 0 Å². The van der Waals surface area contributed by atoms with E-state index in [1.807, 2.05) is 12.1 Å². The number of esters is 1. The molecule has 5 heteroatoms. The third kappa shape index (κ3) is 5.38. The zero-order chi connectivity index (χ0) is 14.1. The van der Waals surface area contributed by atoms with Gasteiger partial charge in [-0.25, -0.2) is 4.79 Å². The molecule has 0 heterocycles. The van der Waals surface area contributed by atoms with Crippen LogP contribution < -0.4 is 5.32 Å². The van der Waals surface area contributed by atoms with Crippen LogP contribution in [0.4, 0.5) is 0 Å². The van der Waals surface area contributed by atoms with Gasteiger partial charge in [0.05, 0.1) is 19.3 Å². The molecule has 0 bridgehead atoms. The Balaban J connectivity index is 2.50. The second kappa shape index (κ2) is 8.63. The molecule has 0 radical (unpaired) electrons. The first-order valence-corrected chi connectivity index (χ1v) is 6.21. The van der Waals surface area contributed by atoms with E-state index in [0.717, 1.165) is 5.56 Å². The van der Waals surface area contributed by atoms with Crippen molar-refractivity contribution in [3.05, 3.63) is 35.4 Å². The maximum Gasteiger partial charge on any atom is 0.337 e. The van der Waals surface area contributed by atoms with Crippen molar-refractivity contribution in [1.29, 1.82) is 0 Å². The molecule has 19 heavy (non-hydrogen) atoms. The third-order valence-electron chi connectivity index (χ3n) is 2.82. The largest absolute Gasteiger partial charge is 0.465 e. The van der Waals surface area contributed by atoms with Gasteiger partial charge in [0.2, 0.25) is 0 Å². The third-order valence-corrected chi connectivity index (χ3v) is 2.82. The van der Waals surface area contributed by atoms with Gasteiger partial charge in [0.25, 0.3) is 0 Å². The monoisotopic (exact) mass is 267 g/mol. The van der Waals surface area contributed by atoms with Crippen LogP contribution in [0.25, 0.3) is 0 Å². The van der Waals surface area contributed by atoms with E-state index < -0.39 is 0 Å². The fourth-order valence-corrected chi connectivity index (χ4v) is 1.74. The highest BCUT2D eigenvalue weighted by atomic mass is 16.5. The van der Waals surface area contributed by atoms with E-state index in [4.69, 9.17) is 9.84 Å². The van der Waals surface area contributed by atoms with Gasteiger partial charge < -0.3 is 19.9 Å². The lowest BCUT2D eigenvalue weighted by Gasteiger charge is -2.16. The molecule has 1 aromatic carbocycles. The number of nitrogens with one attached hydrogen (secondary N) is 1. The van der Waals surface area contributed by atoms with Gasteiger partial charge >= 0.3 is 5.97 Å². The van der Waals surface area contributed by atoms with Crippen molar-refractivity contribution in [2.45, 2.75) is 19.0 Å². The van der Waals surface area contributed by atoms with Gasteiger partial charge in [0.15, 0.2) is 0 Å². The number of aliphatic hydroxyl groups excluding tert-OH is 1. The fraction of sp³-hybridized carbons (Fsp3) is 0.500. The van der Waals surface area contributed by atoms with Crippen LogP contribution in [0.2, 0.25) is 0 Å². The number of carbonyl (C=O) groups excluding carboxylic acids is 1. The molecule has 0 aliphatic rings. The molecule has 0 amide bonds. The summed E-state index contributed by atoms with van der Waals surface area (Å²) in [7, 11) is 3.00. The molecule has 0 saturated heterocycles. The summed E-state index contributed by atoms with van der Waals surface area (Å²) in [6.45, 7) is 1.35. The Morgan fingerprint density at radius 2 is 2.00 bits per heavy atom. The summed E-state index contributed by atoms with van der Waals surface area (Å²) in [5, 5.41) is 12.2. The summed E-state index contributed by atoms with van der Waals surface area (Å²) >= 11 is 0. The second-order valence-corrected chi connectivity index (χ2v) is 4.23. The van der Waals surface area contributed by atoms with E-state index in [2.05, 4.69) is 10.1 Å². The predicted molar refractivity (Wildman–Crippen MR) is 72.0 cm³/mol. The molecule has 0 saturated carbocycles. The van der Waals surface area contributed by atoms with E-state index in [1.54, 1.807) is 19.2 Å². The van der Waals surface area contributed by atoms with Crippen molar-refractivity contribution in [1.82, 2.24) is 5.32 Å². The fourth-order valence-electron chi connectivity index (χ4n) is 1.74. The minimum atomic E-state index is -0.336. The smallest absolute Gasteiger partial charge is 0.337 e. The van der Waals surface area contributed by atoms with Crippen LogP contribution in [0.1, 0.15) is 22.3 Å². The van der Waals surface area contributed by atoms with Crippen molar-refractivity contribution in [3.63, 3.8) is 0 Å². The van der Waals surface area contributed by atoms with Crippen molar-refractivity contribution in [2.75, 3.05) is 27.4 Å². The Morgan fingerprint density at radius 3 is 2.53 bits per heavy atom. The first-order valence-electron chi connectivity index (χ1n) is 6.21. The van der Waals surface area contributed by atoms with Crippen LogP contribution in [0.15, 0.2) is 24.3 Å². The van der Waals surface area contributed by atoms with Gasteiger partial charge in [-0.2, -0.15) is 0 Å². The van der Waals surface area contributed by atoms with Crippen molar-refractivity contribution >= 4 is 5.97 Å². The Labute approximate surface area is 113 Å². The molecule has 5 nitrogen and oxygen atoms in total. The summed E-state index contributed by atoms with van der Waals surface area (Å²) < 4.78 is 9.71. The molecule has 0 fully saturated rings. The maximum absolute atomic E-state index is 11.3. The van der Waals surface area contributed by atoms with Crippen molar-refractivity contribution < 1.29 is 19.4 Å². The number of aliphatic hydroxyl groups is 1. The highest BCUT2D eigenvalue weighted by Gasteiger charge is 2.08. The van der Waals surface area contributed by atoms with Gasteiger partial charge in [-0.3, -0.25) is 0 Å². The summed E-state index contributed by atoms with van der Waals surface area (Å²) in [6, 6.07) is 7.35. The lowest BCUT2D eigenvalue weighted by Crippen LogP contribution is -2.33. The summed E-state index contributed by atoms with van der Waals surface area (Å²) in [4.78, 5) is 11.3. The quantitative estimate of drug-likeness (QED) is 0.687. The number of carbonyl (C=O) groups is 1. The topological polar surface area (TPSA) is 67.8 Å². The van der Waals surface area contributed by atoms with Gasteiger partial charge in [-0.1, -0.05) is 12.1 Å². The average Bonchev–Trinajstić information content (AvgIpc) is 2.45. The molecule has 0 aromatic heterocycles. The molecular formula is C14H21NO4. The van der Waals surface area contributed by atoms with Crippen LogP contribution >= 0.6 is 0 Å². The van der Waals surface area contributed by atoms with E-state index in [0.29, 0.717) is 25.1 Å². The van der Waals surface area contributed by atoms with Crippen LogP contribution in [-0.4, -0.2) is 44.6 Å². The lowest BCUT2D eigenvalue weighted by atomic mass is 10.1. The number of hydrogen-bond donors (Lipinski definition) is 2. The minimum absolute atomic E-state index is 0.121. The van der Waals surface area contributed by atoms with Crippen molar-refractivity contribution in [2.24, 2.45) is 0 Å². The van der Waals surface area contributed by atoms with Crippen LogP contribution in [0, 0.1) is 0 Å². The number of benzene rings is 1. The molecule has 0 spiro atoms. The van der Waals surface area contributed by atoms with E-state index in [-0.39, 0.29) is 18.6 Å². The zero-order valence-electron chi connectivity index (χ0n) is 11.4. The van der Waals surface area contributed by atoms with Crippen LogP contribution in [-0.2, 0) is 16.0 Å². The molecule has 1 atom stereocenters. The highest BCUT2D eigenvalue weighted by Crippen LogP contribution is 2.06. The second-order valence-electron chi connectivity index (χ2n) is 4.23. The highest BCUT2D eigenvalue weighted by molar-refractivity contribution is 5.89. The number of rotatable bonds is 8. The standard InChI is InChI=1S/C14H21NO4/c1-18-10-13(7-8-16)15-9-11-3-5-12(6-4-11)14(17)19-2/h3-6,13,15-16H,7-10H2,1-2H3. The van der Waals surface area contributed by atoms with E-state index in [1.165, 1.54) is 7.11 Å². The Bertz CT molecular complexity index is 372.